The topological polar surface area (TPSA) is 87.7 Å². The number of hydrogen-bond donors (Lipinski definition) is 3. The van der Waals surface area contributed by atoms with E-state index in [-0.39, 0.29) is 24.9 Å². The van der Waals surface area contributed by atoms with Gasteiger partial charge in [-0.3, -0.25) is 14.9 Å². The molecule has 3 rings (SSSR count). The van der Waals surface area contributed by atoms with Crippen LogP contribution in [0, 0.1) is 5.41 Å². The van der Waals surface area contributed by atoms with E-state index in [1.165, 1.54) is 7.11 Å². The Morgan fingerprint density at radius 3 is 2.58 bits per heavy atom. The summed E-state index contributed by atoms with van der Waals surface area (Å²) in [5.74, 6) is -0.578. The first-order valence-corrected chi connectivity index (χ1v) is 10.4. The van der Waals surface area contributed by atoms with Gasteiger partial charge in [0.1, 0.15) is 5.54 Å². The van der Waals surface area contributed by atoms with Gasteiger partial charge in [-0.25, -0.2) is 0 Å². The van der Waals surface area contributed by atoms with Gasteiger partial charge in [0.25, 0.3) is 0 Å². The van der Waals surface area contributed by atoms with E-state index >= 15 is 0 Å². The molecule has 0 aromatic heterocycles. The number of ether oxygens (including phenoxy) is 1. The Labute approximate surface area is 183 Å². The van der Waals surface area contributed by atoms with Crippen molar-refractivity contribution in [3.63, 3.8) is 0 Å². The van der Waals surface area contributed by atoms with E-state index in [9.17, 15) is 14.7 Å². The van der Waals surface area contributed by atoms with Crippen molar-refractivity contribution in [3.05, 3.63) is 78.4 Å². The molecule has 0 spiro atoms. The summed E-state index contributed by atoms with van der Waals surface area (Å²) in [5.41, 5.74) is 0.496. The van der Waals surface area contributed by atoms with Crippen molar-refractivity contribution in [3.8, 4) is 0 Å². The highest BCUT2D eigenvalue weighted by Crippen LogP contribution is 2.51. The van der Waals surface area contributed by atoms with E-state index in [0.29, 0.717) is 18.5 Å². The van der Waals surface area contributed by atoms with E-state index < -0.39 is 17.0 Å². The van der Waals surface area contributed by atoms with Gasteiger partial charge in [-0.15, -0.1) is 6.58 Å². The molecule has 0 radical (unpaired) electrons. The molecule has 1 aliphatic heterocycles. The summed E-state index contributed by atoms with van der Waals surface area (Å²) >= 11 is 0. The maximum Gasteiger partial charge on any atom is 0.305 e. The third kappa shape index (κ3) is 4.27. The molecule has 31 heavy (non-hydrogen) atoms. The number of amides is 1. The van der Waals surface area contributed by atoms with Crippen LogP contribution in [0.3, 0.4) is 0 Å². The zero-order chi connectivity index (χ0) is 22.5. The molecule has 6 heteroatoms. The monoisotopic (exact) mass is 422 g/mol. The Bertz CT molecular complexity index is 946. The fraction of sp³-hybridized carbons (Fsp3) is 0.360. The maximum absolute atomic E-state index is 13.6. The largest absolute Gasteiger partial charge is 0.469 e. The van der Waals surface area contributed by atoms with Crippen LogP contribution in [0.25, 0.3) is 0 Å². The van der Waals surface area contributed by atoms with Crippen molar-refractivity contribution in [2.75, 3.05) is 19.0 Å². The number of carbonyl (C=O) groups is 2. The number of benzene rings is 2. The third-order valence-electron chi connectivity index (χ3n) is 6.27. The highest BCUT2D eigenvalue weighted by Gasteiger charge is 2.58. The first-order valence-electron chi connectivity index (χ1n) is 10.4. The number of carbonyl (C=O) groups excluding carboxylic acids is 2. The van der Waals surface area contributed by atoms with Gasteiger partial charge in [0.15, 0.2) is 0 Å². The summed E-state index contributed by atoms with van der Waals surface area (Å²) in [6, 6.07) is 16.9. The Morgan fingerprint density at radius 1 is 1.26 bits per heavy atom. The second-order valence-electron chi connectivity index (χ2n) is 8.16. The smallest absolute Gasteiger partial charge is 0.305 e. The highest BCUT2D eigenvalue weighted by atomic mass is 16.5. The second kappa shape index (κ2) is 9.45. The predicted octanol–water partition coefficient (Wildman–Crippen LogP) is 3.17. The average molecular weight is 423 g/mol. The van der Waals surface area contributed by atoms with Crippen molar-refractivity contribution in [1.82, 2.24) is 5.32 Å². The molecule has 0 aliphatic carbocycles. The molecule has 1 heterocycles. The van der Waals surface area contributed by atoms with Crippen LogP contribution in [0.4, 0.5) is 5.69 Å². The molecule has 0 saturated carbocycles. The van der Waals surface area contributed by atoms with Crippen LogP contribution in [0.15, 0.2) is 67.3 Å². The van der Waals surface area contributed by atoms with Crippen LogP contribution < -0.4 is 10.6 Å². The molecule has 0 unspecified atom stereocenters. The van der Waals surface area contributed by atoms with Crippen LogP contribution >= 0.6 is 0 Å². The molecule has 2 aromatic carbocycles. The second-order valence-corrected chi connectivity index (χ2v) is 8.16. The minimum absolute atomic E-state index is 0.139. The lowest BCUT2D eigenvalue weighted by atomic mass is 9.64. The summed E-state index contributed by atoms with van der Waals surface area (Å²) in [7, 11) is 1.35. The molecule has 164 valence electrons. The molecular weight excluding hydrogens is 392 g/mol. The first kappa shape index (κ1) is 22.7. The molecular formula is C25H30N2O4. The Morgan fingerprint density at radius 2 is 1.94 bits per heavy atom. The lowest BCUT2D eigenvalue weighted by Crippen LogP contribution is -2.62. The van der Waals surface area contributed by atoms with Crippen LogP contribution in [-0.2, 0) is 26.3 Å². The predicted molar refractivity (Wildman–Crippen MR) is 120 cm³/mol. The zero-order valence-electron chi connectivity index (χ0n) is 18.1. The molecule has 3 atom stereocenters. The summed E-state index contributed by atoms with van der Waals surface area (Å²) in [6.45, 7) is 5.77. The fourth-order valence-corrected chi connectivity index (χ4v) is 4.41. The van der Waals surface area contributed by atoms with Crippen molar-refractivity contribution in [1.29, 1.82) is 0 Å². The molecule has 1 aliphatic rings. The summed E-state index contributed by atoms with van der Waals surface area (Å²) in [6.07, 6.45) is 2.75. The van der Waals surface area contributed by atoms with Gasteiger partial charge >= 0.3 is 5.97 Å². The lowest BCUT2D eigenvalue weighted by molar-refractivity contribution is -0.142. The highest BCUT2D eigenvalue weighted by molar-refractivity contribution is 6.06. The van der Waals surface area contributed by atoms with Gasteiger partial charge in [0.2, 0.25) is 5.91 Å². The van der Waals surface area contributed by atoms with Gasteiger partial charge in [-0.05, 0) is 24.5 Å². The zero-order valence-corrected chi connectivity index (χ0v) is 18.1. The number of aliphatic hydroxyl groups excluding tert-OH is 1. The average Bonchev–Trinajstić information content (AvgIpc) is 3.09. The molecule has 0 saturated heterocycles. The van der Waals surface area contributed by atoms with Gasteiger partial charge in [-0.1, -0.05) is 61.5 Å². The Kier molecular flexibility index (Phi) is 6.93. The minimum atomic E-state index is -1.21. The SMILES string of the molecule is C=C[C@@](C)(CCC(=O)OC)[C@@]1(N[C@H](CO)Cc2ccccc2)C(=O)Nc2ccccc21. The lowest BCUT2D eigenvalue weighted by Gasteiger charge is -2.45. The van der Waals surface area contributed by atoms with Gasteiger partial charge < -0.3 is 15.2 Å². The molecule has 0 fully saturated rings. The molecule has 6 nitrogen and oxygen atoms in total. The first-order chi connectivity index (χ1) is 14.9. The van der Waals surface area contributed by atoms with Crippen LogP contribution in [0.5, 0.6) is 0 Å². The van der Waals surface area contributed by atoms with Gasteiger partial charge in [0.05, 0.1) is 13.7 Å². The van der Waals surface area contributed by atoms with Crippen LogP contribution in [0.2, 0.25) is 0 Å². The van der Waals surface area contributed by atoms with Crippen LogP contribution in [-0.4, -0.2) is 36.7 Å². The fourth-order valence-electron chi connectivity index (χ4n) is 4.41. The third-order valence-corrected chi connectivity index (χ3v) is 6.27. The number of aliphatic hydroxyl groups is 1. The van der Waals surface area contributed by atoms with Crippen molar-refractivity contribution >= 4 is 17.6 Å². The molecule has 3 N–H and O–H groups in total. The number of methoxy groups -OCH3 is 1. The van der Waals surface area contributed by atoms with Gasteiger partial charge in [0, 0.05) is 29.1 Å². The number of rotatable bonds is 10. The van der Waals surface area contributed by atoms with E-state index in [0.717, 1.165) is 11.1 Å². The van der Waals surface area contributed by atoms with E-state index in [1.54, 1.807) is 6.08 Å². The number of anilines is 1. The van der Waals surface area contributed by atoms with Crippen molar-refractivity contribution < 1.29 is 19.4 Å². The summed E-state index contributed by atoms with van der Waals surface area (Å²) in [4.78, 5) is 25.5. The number of para-hydroxylation sites is 1. The standard InChI is InChI=1S/C25H30N2O4/c1-4-24(2,15-14-22(29)31-3)25(20-12-8-9-13-21(20)26-23(25)30)27-19(17-28)16-18-10-6-5-7-11-18/h4-13,19,27-28H,1,14-17H2,2-3H3,(H,26,30)/t19-,24-,25-/m0/s1. The number of hydrogen-bond acceptors (Lipinski definition) is 5. The van der Waals surface area contributed by atoms with Crippen molar-refractivity contribution in [2.24, 2.45) is 5.41 Å². The summed E-state index contributed by atoms with van der Waals surface area (Å²) in [5, 5.41) is 16.7. The molecule has 1 amide bonds. The van der Waals surface area contributed by atoms with E-state index in [2.05, 4.69) is 17.2 Å². The normalized spacial score (nSPS) is 20.3. The summed E-state index contributed by atoms with van der Waals surface area (Å²) < 4.78 is 4.83. The Hall–Kier alpha value is -2.96. The number of esters is 1. The minimum Gasteiger partial charge on any atom is -0.469 e. The van der Waals surface area contributed by atoms with Crippen molar-refractivity contribution in [2.45, 2.75) is 37.8 Å². The maximum atomic E-state index is 13.6. The molecule has 0 bridgehead atoms. The number of nitrogens with one attached hydrogen (secondary N) is 2. The quantitative estimate of drug-likeness (QED) is 0.404. The molecule has 2 aromatic rings. The number of fused-ring (bicyclic) bond motifs is 1. The Balaban J connectivity index is 2.05. The van der Waals surface area contributed by atoms with Crippen LogP contribution in [0.1, 0.15) is 30.9 Å². The van der Waals surface area contributed by atoms with Gasteiger partial charge in [-0.2, -0.15) is 0 Å². The van der Waals surface area contributed by atoms with E-state index in [4.69, 9.17) is 4.74 Å². The van der Waals surface area contributed by atoms with E-state index in [1.807, 2.05) is 61.5 Å².